The molecule has 0 spiro atoms. The monoisotopic (exact) mass is 524 g/mol. The van der Waals surface area contributed by atoms with Crippen LogP contribution in [0.4, 0.5) is 5.69 Å². The maximum atomic E-state index is 11.7. The third-order valence-electron chi connectivity index (χ3n) is 8.73. The molecule has 2 aliphatic rings. The number of aldehydes is 2. The number of fused-ring (bicyclic) bond motifs is 3. The van der Waals surface area contributed by atoms with Gasteiger partial charge in [-0.15, -0.1) is 0 Å². The third kappa shape index (κ3) is 5.23. The van der Waals surface area contributed by atoms with E-state index in [4.69, 9.17) is 16.9 Å². The van der Waals surface area contributed by atoms with Crippen LogP contribution in [0.15, 0.2) is 71.8 Å². The van der Waals surface area contributed by atoms with Crippen molar-refractivity contribution >= 4 is 34.9 Å². The number of hydrazine groups is 1. The van der Waals surface area contributed by atoms with Crippen LogP contribution in [-0.4, -0.2) is 37.0 Å². The largest absolute Gasteiger partial charge is 0.388 e. The van der Waals surface area contributed by atoms with E-state index in [0.29, 0.717) is 12.4 Å². The predicted molar refractivity (Wildman–Crippen MR) is 154 cm³/mol. The van der Waals surface area contributed by atoms with Crippen molar-refractivity contribution in [1.82, 2.24) is 5.01 Å². The summed E-state index contributed by atoms with van der Waals surface area (Å²) >= 11 is 0. The number of hydrogen-bond acceptors (Lipinski definition) is 7. The van der Waals surface area contributed by atoms with Crippen LogP contribution in [0.5, 0.6) is 0 Å². The van der Waals surface area contributed by atoms with Gasteiger partial charge in [-0.25, -0.2) is 5.84 Å². The molecule has 0 amide bonds. The highest BCUT2D eigenvalue weighted by Crippen LogP contribution is 2.67. The SMILES string of the molecule is CNc1ccc(C#N)c2ccccc12.C[C@@]12CC[C@@](CCN(N)/C(=N\N)c3ccccc3)(C1)[C@@H](C=O)[C@H]2C=O. The summed E-state index contributed by atoms with van der Waals surface area (Å²) in [5, 5.41) is 19.5. The molecule has 0 aromatic heterocycles. The Morgan fingerprint density at radius 1 is 1.05 bits per heavy atom. The Morgan fingerprint density at radius 2 is 1.72 bits per heavy atom. The Bertz CT molecular complexity index is 1400. The Labute approximate surface area is 229 Å². The lowest BCUT2D eigenvalue weighted by Gasteiger charge is -2.37. The molecule has 5 N–H and O–H groups in total. The van der Waals surface area contributed by atoms with Crippen LogP contribution in [0.3, 0.4) is 0 Å². The van der Waals surface area contributed by atoms with Crippen molar-refractivity contribution in [2.45, 2.75) is 32.6 Å². The summed E-state index contributed by atoms with van der Waals surface area (Å²) < 4.78 is 0. The van der Waals surface area contributed by atoms with Crippen LogP contribution >= 0.6 is 0 Å². The average molecular weight is 525 g/mol. The molecule has 2 bridgehead atoms. The highest BCUT2D eigenvalue weighted by Gasteiger charge is 2.63. The predicted octanol–water partition coefficient (Wildman–Crippen LogP) is 4.45. The zero-order valence-corrected chi connectivity index (χ0v) is 22.5. The highest BCUT2D eigenvalue weighted by atomic mass is 16.1. The number of amidine groups is 1. The second-order valence-corrected chi connectivity index (χ2v) is 10.8. The molecule has 3 aromatic carbocycles. The second kappa shape index (κ2) is 11.7. The molecule has 5 rings (SSSR count). The van der Waals surface area contributed by atoms with Crippen molar-refractivity contribution in [1.29, 1.82) is 5.26 Å². The lowest BCUT2D eigenvalue weighted by molar-refractivity contribution is -0.125. The first-order valence-corrected chi connectivity index (χ1v) is 13.2. The molecule has 4 atom stereocenters. The molecule has 3 aromatic rings. The maximum absolute atomic E-state index is 11.7. The number of nitrogens with one attached hydrogen (secondary N) is 1. The topological polar surface area (TPSA) is 138 Å². The standard InChI is InChI=1S/C19H26N4O2.C12H10N2/c1-18-7-8-19(13-18,16(12-25)15(18)11-24)9-10-23(21)17(22-20)14-5-3-2-4-6-14;1-14-12-7-6-9(8-13)10-4-2-3-5-11(10)12/h2-6,11-12,15-16H,7-10,13,20-21H2,1H3;2-7,14H,1H3/b22-17-;/t15-,16+,18-,19-;/m1./s1. The molecule has 202 valence electrons. The van der Waals surface area contributed by atoms with Gasteiger partial charge in [-0.05, 0) is 48.6 Å². The average Bonchev–Trinajstić information content (AvgIpc) is 3.45. The Balaban J connectivity index is 0.000000212. The number of nitrogens with two attached hydrogens (primary N) is 2. The van der Waals surface area contributed by atoms with Crippen LogP contribution in [0, 0.1) is 34.0 Å². The van der Waals surface area contributed by atoms with Crippen LogP contribution in [0.2, 0.25) is 0 Å². The van der Waals surface area contributed by atoms with Crippen molar-refractivity contribution in [2.24, 2.45) is 39.5 Å². The summed E-state index contributed by atoms with van der Waals surface area (Å²) in [5.74, 6) is 11.9. The molecule has 2 fully saturated rings. The van der Waals surface area contributed by atoms with Gasteiger partial charge in [0, 0.05) is 47.5 Å². The number of anilines is 1. The van der Waals surface area contributed by atoms with Gasteiger partial charge >= 0.3 is 0 Å². The van der Waals surface area contributed by atoms with Crippen molar-refractivity contribution in [3.05, 3.63) is 77.9 Å². The molecule has 0 unspecified atom stereocenters. The summed E-state index contributed by atoms with van der Waals surface area (Å²) in [6, 6.07) is 23.4. The van der Waals surface area contributed by atoms with E-state index in [2.05, 4.69) is 23.4 Å². The van der Waals surface area contributed by atoms with Gasteiger partial charge in [0.1, 0.15) is 12.6 Å². The summed E-state index contributed by atoms with van der Waals surface area (Å²) in [7, 11) is 1.88. The molecule has 0 radical (unpaired) electrons. The highest BCUT2D eigenvalue weighted by molar-refractivity contribution is 5.98. The molecule has 0 aliphatic heterocycles. The maximum Gasteiger partial charge on any atom is 0.169 e. The Hall–Kier alpha value is -4.22. The molecular weight excluding hydrogens is 488 g/mol. The van der Waals surface area contributed by atoms with Gasteiger partial charge in [0.05, 0.1) is 11.6 Å². The van der Waals surface area contributed by atoms with Crippen LogP contribution < -0.4 is 17.0 Å². The summed E-state index contributed by atoms with van der Waals surface area (Å²) in [6.07, 6.45) is 5.57. The Morgan fingerprint density at radius 3 is 2.33 bits per heavy atom. The summed E-state index contributed by atoms with van der Waals surface area (Å²) in [6.45, 7) is 2.67. The molecule has 0 saturated heterocycles. The van der Waals surface area contributed by atoms with Crippen molar-refractivity contribution in [3.8, 4) is 6.07 Å². The van der Waals surface area contributed by atoms with Gasteiger partial charge in [-0.3, -0.25) is 5.01 Å². The van der Waals surface area contributed by atoms with E-state index >= 15 is 0 Å². The molecule has 8 nitrogen and oxygen atoms in total. The lowest BCUT2D eigenvalue weighted by Crippen LogP contribution is -2.43. The van der Waals surface area contributed by atoms with Gasteiger partial charge in [-0.2, -0.15) is 10.4 Å². The van der Waals surface area contributed by atoms with Gasteiger partial charge in [-0.1, -0.05) is 61.5 Å². The molecule has 0 heterocycles. The number of hydrazone groups is 1. The number of benzene rings is 3. The fourth-order valence-electron chi connectivity index (χ4n) is 6.72. The van der Waals surface area contributed by atoms with E-state index in [1.54, 1.807) is 5.01 Å². The normalized spacial score (nSPS) is 25.3. The minimum atomic E-state index is -0.216. The quantitative estimate of drug-likeness (QED) is 0.136. The zero-order chi connectivity index (χ0) is 28.0. The molecule has 39 heavy (non-hydrogen) atoms. The van der Waals surface area contributed by atoms with E-state index in [0.717, 1.165) is 65.8 Å². The van der Waals surface area contributed by atoms with Crippen molar-refractivity contribution < 1.29 is 9.59 Å². The fraction of sp³-hybridized carbons (Fsp3) is 0.355. The minimum absolute atomic E-state index is 0.0586. The minimum Gasteiger partial charge on any atom is -0.388 e. The Kier molecular flexibility index (Phi) is 8.32. The first kappa shape index (κ1) is 27.8. The summed E-state index contributed by atoms with van der Waals surface area (Å²) in [5.41, 5.74) is 2.43. The van der Waals surface area contributed by atoms with Gasteiger partial charge in [0.25, 0.3) is 0 Å². The number of nitriles is 1. The van der Waals surface area contributed by atoms with E-state index in [1.165, 1.54) is 0 Å². The molecule has 2 aliphatic carbocycles. The number of carbonyl (C=O) groups is 2. The van der Waals surface area contributed by atoms with E-state index < -0.39 is 0 Å². The van der Waals surface area contributed by atoms with Crippen molar-refractivity contribution in [3.63, 3.8) is 0 Å². The van der Waals surface area contributed by atoms with Crippen LogP contribution in [0.1, 0.15) is 43.7 Å². The van der Waals surface area contributed by atoms with E-state index in [9.17, 15) is 9.59 Å². The van der Waals surface area contributed by atoms with E-state index in [1.807, 2.05) is 73.8 Å². The second-order valence-electron chi connectivity index (χ2n) is 10.8. The smallest absolute Gasteiger partial charge is 0.169 e. The van der Waals surface area contributed by atoms with Crippen LogP contribution in [0.25, 0.3) is 10.8 Å². The molecule has 2 saturated carbocycles. The van der Waals surface area contributed by atoms with Gasteiger partial charge in [0.2, 0.25) is 0 Å². The summed E-state index contributed by atoms with van der Waals surface area (Å²) in [4.78, 5) is 23.3. The lowest BCUT2D eigenvalue weighted by atomic mass is 9.67. The molecule has 8 heteroatoms. The number of carbonyl (C=O) groups excluding carboxylic acids is 2. The zero-order valence-electron chi connectivity index (χ0n) is 22.5. The number of hydrogen-bond donors (Lipinski definition) is 3. The van der Waals surface area contributed by atoms with Crippen molar-refractivity contribution in [2.75, 3.05) is 18.9 Å². The van der Waals surface area contributed by atoms with Gasteiger partial charge < -0.3 is 20.7 Å². The molecular formula is C31H36N6O2. The number of nitrogens with zero attached hydrogens (tertiary/aromatic N) is 3. The van der Waals surface area contributed by atoms with Gasteiger partial charge in [0.15, 0.2) is 5.84 Å². The number of rotatable bonds is 7. The first-order valence-electron chi connectivity index (χ1n) is 13.2. The van der Waals surface area contributed by atoms with Crippen LogP contribution in [-0.2, 0) is 9.59 Å². The first-order chi connectivity index (χ1) is 18.9. The third-order valence-corrected chi connectivity index (χ3v) is 8.73. The fourth-order valence-corrected chi connectivity index (χ4v) is 6.72. The van der Waals surface area contributed by atoms with E-state index in [-0.39, 0.29) is 22.7 Å².